The van der Waals surface area contributed by atoms with Crippen molar-refractivity contribution < 1.29 is 19.8 Å². The van der Waals surface area contributed by atoms with E-state index >= 15 is 0 Å². The Balaban J connectivity index is 2.70. The van der Waals surface area contributed by atoms with Crippen molar-refractivity contribution in [1.82, 2.24) is 0 Å². The molecule has 1 aromatic rings. The van der Waals surface area contributed by atoms with Crippen LogP contribution in [-0.2, 0) is 12.8 Å². The van der Waals surface area contributed by atoms with Gasteiger partial charge in [-0.3, -0.25) is 0 Å². The zero-order chi connectivity index (χ0) is 23.6. The van der Waals surface area contributed by atoms with Gasteiger partial charge in [-0.2, -0.15) is 0 Å². The van der Waals surface area contributed by atoms with Gasteiger partial charge in [-0.25, -0.2) is 9.59 Å². The van der Waals surface area contributed by atoms with Gasteiger partial charge in [0, 0.05) is 0 Å². The molecule has 4 heteroatoms. The van der Waals surface area contributed by atoms with Crippen LogP contribution in [0.5, 0.6) is 0 Å². The minimum Gasteiger partial charge on any atom is -0.478 e. The molecule has 0 aliphatic carbocycles. The van der Waals surface area contributed by atoms with Gasteiger partial charge in [0.05, 0.1) is 11.1 Å². The van der Waals surface area contributed by atoms with Gasteiger partial charge in [0.1, 0.15) is 0 Å². The number of carboxylic acid groups (broad SMARTS) is 2. The van der Waals surface area contributed by atoms with E-state index in [1.54, 1.807) is 0 Å². The summed E-state index contributed by atoms with van der Waals surface area (Å²) in [6.07, 6.45) is 20.3. The topological polar surface area (TPSA) is 74.6 Å². The Kier molecular flexibility index (Phi) is 15.6. The average Bonchev–Trinajstić information content (AvgIpc) is 2.77. The molecule has 182 valence electrons. The summed E-state index contributed by atoms with van der Waals surface area (Å²) in [7, 11) is 0. The molecule has 0 bridgehead atoms. The number of carboxylic acids is 2. The van der Waals surface area contributed by atoms with Gasteiger partial charge >= 0.3 is 11.9 Å². The number of hydrogen-bond acceptors (Lipinski definition) is 2. The molecule has 1 rings (SSSR count). The zero-order valence-electron chi connectivity index (χ0n) is 20.6. The third-order valence-corrected chi connectivity index (χ3v) is 6.45. The van der Waals surface area contributed by atoms with Crippen LogP contribution in [0.3, 0.4) is 0 Å². The summed E-state index contributed by atoms with van der Waals surface area (Å²) in [5, 5.41) is 19.4. The lowest BCUT2D eigenvalue weighted by Crippen LogP contribution is -2.12. The number of benzene rings is 1. The van der Waals surface area contributed by atoms with Gasteiger partial charge in [0.15, 0.2) is 0 Å². The van der Waals surface area contributed by atoms with E-state index in [2.05, 4.69) is 13.8 Å². The zero-order valence-corrected chi connectivity index (χ0v) is 20.6. The molecule has 0 aromatic heterocycles. The smallest absolute Gasteiger partial charge is 0.335 e. The molecule has 32 heavy (non-hydrogen) atoms. The Bertz CT molecular complexity index is 609. The summed E-state index contributed by atoms with van der Waals surface area (Å²) in [6, 6.07) is 2.98. The SMILES string of the molecule is CCCCCCCCCCc1c(C(=O)O)ccc(C(=O)O)c1CCCCCCCCCC. The van der Waals surface area contributed by atoms with Crippen LogP contribution in [-0.4, -0.2) is 22.2 Å². The van der Waals surface area contributed by atoms with Crippen LogP contribution in [0.25, 0.3) is 0 Å². The lowest BCUT2D eigenvalue weighted by molar-refractivity contribution is 0.0679. The number of hydrogen-bond donors (Lipinski definition) is 2. The van der Waals surface area contributed by atoms with Crippen molar-refractivity contribution in [1.29, 1.82) is 0 Å². The highest BCUT2D eigenvalue weighted by molar-refractivity contribution is 5.95. The first kappa shape index (κ1) is 28.2. The second-order valence-electron chi connectivity index (χ2n) is 9.18. The van der Waals surface area contributed by atoms with E-state index in [0.29, 0.717) is 12.8 Å². The Morgan fingerprint density at radius 1 is 0.531 bits per heavy atom. The molecular weight excluding hydrogens is 400 g/mol. The standard InChI is InChI=1S/C28H46O4/c1-3-5-7-9-11-13-15-17-19-23-24(20-18-16-14-12-10-8-6-4-2)26(28(31)32)22-21-25(23)27(29)30/h21-22H,3-20H2,1-2H3,(H,29,30)(H,31,32). The van der Waals surface area contributed by atoms with E-state index in [1.807, 2.05) is 0 Å². The molecule has 0 aliphatic heterocycles. The molecule has 0 saturated carbocycles. The first-order chi connectivity index (χ1) is 15.5. The van der Waals surface area contributed by atoms with Crippen LogP contribution < -0.4 is 0 Å². The summed E-state index contributed by atoms with van der Waals surface area (Å²) >= 11 is 0. The summed E-state index contributed by atoms with van der Waals surface area (Å²) in [5.41, 5.74) is 2.08. The third-order valence-electron chi connectivity index (χ3n) is 6.45. The predicted octanol–water partition coefficient (Wildman–Crippen LogP) is 8.45. The maximum atomic E-state index is 11.8. The molecule has 4 nitrogen and oxygen atoms in total. The Morgan fingerprint density at radius 2 is 0.812 bits per heavy atom. The minimum atomic E-state index is -0.950. The number of carbonyl (C=O) groups is 2. The molecule has 0 spiro atoms. The summed E-state index contributed by atoms with van der Waals surface area (Å²) in [6.45, 7) is 4.44. The lowest BCUT2D eigenvalue weighted by atomic mass is 9.88. The Hall–Kier alpha value is -1.84. The third kappa shape index (κ3) is 11.2. The average molecular weight is 447 g/mol. The molecule has 0 saturated heterocycles. The van der Waals surface area contributed by atoms with Crippen LogP contribution in [0.1, 0.15) is 148 Å². The fraction of sp³-hybridized carbons (Fsp3) is 0.714. The van der Waals surface area contributed by atoms with Gasteiger partial charge in [-0.1, -0.05) is 104 Å². The van der Waals surface area contributed by atoms with E-state index in [9.17, 15) is 19.8 Å². The fourth-order valence-electron chi connectivity index (χ4n) is 4.54. The Labute approximate surface area is 195 Å². The van der Waals surface area contributed by atoms with Crippen molar-refractivity contribution in [2.24, 2.45) is 0 Å². The first-order valence-corrected chi connectivity index (χ1v) is 13.1. The fourth-order valence-corrected chi connectivity index (χ4v) is 4.54. The van der Waals surface area contributed by atoms with Crippen molar-refractivity contribution in [3.8, 4) is 0 Å². The van der Waals surface area contributed by atoms with Gasteiger partial charge in [-0.15, -0.1) is 0 Å². The second-order valence-corrected chi connectivity index (χ2v) is 9.18. The summed E-state index contributed by atoms with van der Waals surface area (Å²) in [4.78, 5) is 23.7. The molecule has 0 unspecified atom stereocenters. The lowest BCUT2D eigenvalue weighted by Gasteiger charge is -2.16. The molecular formula is C28H46O4. The monoisotopic (exact) mass is 446 g/mol. The highest BCUT2D eigenvalue weighted by atomic mass is 16.4. The predicted molar refractivity (Wildman–Crippen MR) is 133 cm³/mol. The maximum Gasteiger partial charge on any atom is 0.335 e. The molecule has 2 N–H and O–H groups in total. The van der Waals surface area contributed by atoms with Crippen molar-refractivity contribution >= 4 is 11.9 Å². The Morgan fingerprint density at radius 3 is 1.09 bits per heavy atom. The number of unbranched alkanes of at least 4 members (excludes halogenated alkanes) is 14. The van der Waals surface area contributed by atoms with Crippen LogP contribution >= 0.6 is 0 Å². The molecule has 0 amide bonds. The molecule has 0 fully saturated rings. The minimum absolute atomic E-state index is 0.285. The van der Waals surface area contributed by atoms with Crippen molar-refractivity contribution in [3.05, 3.63) is 34.4 Å². The van der Waals surface area contributed by atoms with Crippen molar-refractivity contribution in [2.75, 3.05) is 0 Å². The van der Waals surface area contributed by atoms with Gasteiger partial charge in [0.25, 0.3) is 0 Å². The molecule has 0 aliphatic rings. The van der Waals surface area contributed by atoms with Crippen molar-refractivity contribution in [2.45, 2.75) is 129 Å². The second kappa shape index (κ2) is 17.7. The van der Waals surface area contributed by atoms with E-state index in [-0.39, 0.29) is 11.1 Å². The molecule has 0 atom stereocenters. The van der Waals surface area contributed by atoms with E-state index in [4.69, 9.17) is 0 Å². The van der Waals surface area contributed by atoms with E-state index in [1.165, 1.54) is 76.3 Å². The molecule has 0 radical (unpaired) electrons. The van der Waals surface area contributed by atoms with Gasteiger partial charge < -0.3 is 10.2 Å². The van der Waals surface area contributed by atoms with E-state index in [0.717, 1.165) is 49.7 Å². The van der Waals surface area contributed by atoms with Crippen LogP contribution in [0, 0.1) is 0 Å². The van der Waals surface area contributed by atoms with Crippen LogP contribution in [0.2, 0.25) is 0 Å². The first-order valence-electron chi connectivity index (χ1n) is 13.1. The normalized spacial score (nSPS) is 11.1. The van der Waals surface area contributed by atoms with Crippen LogP contribution in [0.4, 0.5) is 0 Å². The van der Waals surface area contributed by atoms with E-state index < -0.39 is 11.9 Å². The van der Waals surface area contributed by atoms with Gasteiger partial charge in [-0.05, 0) is 48.9 Å². The number of aromatic carboxylic acids is 2. The summed E-state index contributed by atoms with van der Waals surface area (Å²) < 4.78 is 0. The highest BCUT2D eigenvalue weighted by Crippen LogP contribution is 2.25. The summed E-state index contributed by atoms with van der Waals surface area (Å²) in [5.74, 6) is -1.90. The highest BCUT2D eigenvalue weighted by Gasteiger charge is 2.20. The molecule has 0 heterocycles. The van der Waals surface area contributed by atoms with Crippen LogP contribution in [0.15, 0.2) is 12.1 Å². The number of rotatable bonds is 20. The molecule has 1 aromatic carbocycles. The van der Waals surface area contributed by atoms with Crippen molar-refractivity contribution in [3.63, 3.8) is 0 Å². The quantitative estimate of drug-likeness (QED) is 0.197. The largest absolute Gasteiger partial charge is 0.478 e. The maximum absolute atomic E-state index is 11.8. The van der Waals surface area contributed by atoms with Gasteiger partial charge in [0.2, 0.25) is 0 Å².